The first kappa shape index (κ1) is 18.9. The van der Waals surface area contributed by atoms with Crippen molar-refractivity contribution in [1.29, 1.82) is 0 Å². The Balaban J connectivity index is 1.73. The van der Waals surface area contributed by atoms with Gasteiger partial charge in [0.05, 0.1) is 23.2 Å². The van der Waals surface area contributed by atoms with Gasteiger partial charge in [0.2, 0.25) is 10.0 Å². The van der Waals surface area contributed by atoms with E-state index in [1.54, 1.807) is 6.92 Å². The molecule has 0 aliphatic carbocycles. The second kappa shape index (κ2) is 7.38. The molecule has 0 radical (unpaired) electrons. The lowest BCUT2D eigenvalue weighted by Gasteiger charge is -2.30. The number of sulfonamides is 1. The highest BCUT2D eigenvalue weighted by atomic mass is 35.5. The Labute approximate surface area is 158 Å². The van der Waals surface area contributed by atoms with Crippen LogP contribution in [-0.2, 0) is 10.0 Å². The minimum atomic E-state index is -3.18. The fourth-order valence-corrected chi connectivity index (χ4v) is 4.32. The summed E-state index contributed by atoms with van der Waals surface area (Å²) in [5.41, 5.74) is 1.67. The van der Waals surface area contributed by atoms with Crippen LogP contribution >= 0.6 is 11.6 Å². The zero-order chi connectivity index (χ0) is 18.9. The molecule has 1 N–H and O–H groups in total. The number of aromatic nitrogens is 2. The number of carbonyl (C=O) groups excluding carboxylic acids is 1. The molecule has 7 nitrogen and oxygen atoms in total. The molecule has 3 rings (SSSR count). The SMILES string of the molecule is Cc1nn(-c2ccccc2)c(Cl)c1C(=O)NC1CCN(S(C)(=O)=O)CC1. The number of aryl methyl sites for hydroxylation is 1. The summed E-state index contributed by atoms with van der Waals surface area (Å²) < 4.78 is 26.1. The molecule has 1 fully saturated rings. The third-order valence-corrected chi connectivity index (χ3v) is 6.14. The average molecular weight is 397 g/mol. The van der Waals surface area contributed by atoms with Crippen LogP contribution in [0, 0.1) is 6.92 Å². The van der Waals surface area contributed by atoms with Gasteiger partial charge < -0.3 is 5.32 Å². The van der Waals surface area contributed by atoms with E-state index in [4.69, 9.17) is 11.6 Å². The quantitative estimate of drug-likeness (QED) is 0.856. The maximum absolute atomic E-state index is 12.7. The summed E-state index contributed by atoms with van der Waals surface area (Å²) in [4.78, 5) is 12.7. The van der Waals surface area contributed by atoms with Crippen molar-refractivity contribution in [2.24, 2.45) is 0 Å². The summed E-state index contributed by atoms with van der Waals surface area (Å²) in [6.07, 6.45) is 2.34. The molecule has 0 atom stereocenters. The van der Waals surface area contributed by atoms with Gasteiger partial charge in [-0.3, -0.25) is 4.79 Å². The van der Waals surface area contributed by atoms with E-state index in [9.17, 15) is 13.2 Å². The predicted octanol–water partition coefficient (Wildman–Crippen LogP) is 1.99. The normalized spacial score (nSPS) is 16.6. The minimum Gasteiger partial charge on any atom is -0.349 e. The molecule has 2 heterocycles. The molecule has 1 amide bonds. The lowest BCUT2D eigenvalue weighted by Crippen LogP contribution is -2.46. The second-order valence-electron chi connectivity index (χ2n) is 6.41. The third-order valence-electron chi connectivity index (χ3n) is 4.49. The van der Waals surface area contributed by atoms with Gasteiger partial charge in [-0.25, -0.2) is 17.4 Å². The van der Waals surface area contributed by atoms with Crippen molar-refractivity contribution in [1.82, 2.24) is 19.4 Å². The molecule has 2 aromatic rings. The molecule has 9 heteroatoms. The van der Waals surface area contributed by atoms with Crippen LogP contribution in [0.25, 0.3) is 5.69 Å². The first-order valence-corrected chi connectivity index (χ1v) is 10.6. The minimum absolute atomic E-state index is 0.0870. The summed E-state index contributed by atoms with van der Waals surface area (Å²) in [5.74, 6) is -0.285. The van der Waals surface area contributed by atoms with Gasteiger partial charge in [-0.05, 0) is 31.9 Å². The number of nitrogens with one attached hydrogen (secondary N) is 1. The number of rotatable bonds is 4. The van der Waals surface area contributed by atoms with E-state index in [-0.39, 0.29) is 17.1 Å². The van der Waals surface area contributed by atoms with Crippen LogP contribution in [0.2, 0.25) is 5.15 Å². The van der Waals surface area contributed by atoms with Crippen LogP contribution in [0.1, 0.15) is 28.9 Å². The van der Waals surface area contributed by atoms with Crippen molar-refractivity contribution in [3.05, 3.63) is 46.7 Å². The fraction of sp³-hybridized carbons (Fsp3) is 0.412. The Morgan fingerprint density at radius 3 is 2.42 bits per heavy atom. The maximum atomic E-state index is 12.7. The van der Waals surface area contributed by atoms with Gasteiger partial charge in [0.15, 0.2) is 0 Å². The number of carbonyl (C=O) groups is 1. The number of benzene rings is 1. The molecular formula is C17H21ClN4O3S. The highest BCUT2D eigenvalue weighted by Gasteiger charge is 2.28. The van der Waals surface area contributed by atoms with Crippen LogP contribution in [0.15, 0.2) is 30.3 Å². The Morgan fingerprint density at radius 2 is 1.85 bits per heavy atom. The molecular weight excluding hydrogens is 376 g/mol. The number of hydrogen-bond acceptors (Lipinski definition) is 4. The van der Waals surface area contributed by atoms with Crippen molar-refractivity contribution in [2.75, 3.05) is 19.3 Å². The van der Waals surface area contributed by atoms with Crippen molar-refractivity contribution >= 4 is 27.5 Å². The van der Waals surface area contributed by atoms with Gasteiger partial charge in [-0.1, -0.05) is 29.8 Å². The number of nitrogens with zero attached hydrogens (tertiary/aromatic N) is 3. The lowest BCUT2D eigenvalue weighted by molar-refractivity contribution is 0.0923. The molecule has 1 aromatic carbocycles. The summed E-state index contributed by atoms with van der Waals surface area (Å²) in [7, 11) is -3.18. The van der Waals surface area contributed by atoms with Gasteiger partial charge >= 0.3 is 0 Å². The van der Waals surface area contributed by atoms with Crippen LogP contribution in [0.3, 0.4) is 0 Å². The Hall–Kier alpha value is -1.90. The Kier molecular flexibility index (Phi) is 5.36. The first-order chi connectivity index (χ1) is 12.3. The lowest BCUT2D eigenvalue weighted by atomic mass is 10.1. The monoisotopic (exact) mass is 396 g/mol. The molecule has 0 saturated carbocycles. The molecule has 140 valence electrons. The predicted molar refractivity (Wildman–Crippen MR) is 100 cm³/mol. The molecule has 1 aliphatic heterocycles. The molecule has 0 bridgehead atoms. The van der Waals surface area contributed by atoms with E-state index in [1.807, 2.05) is 30.3 Å². The van der Waals surface area contributed by atoms with Crippen molar-refractivity contribution in [3.63, 3.8) is 0 Å². The van der Waals surface area contributed by atoms with Gasteiger partial charge in [-0.2, -0.15) is 5.10 Å². The van der Waals surface area contributed by atoms with Crippen molar-refractivity contribution in [3.8, 4) is 5.69 Å². The number of piperidine rings is 1. The van der Waals surface area contributed by atoms with Gasteiger partial charge in [-0.15, -0.1) is 0 Å². The van der Waals surface area contributed by atoms with Crippen LogP contribution in [-0.4, -0.2) is 53.8 Å². The Bertz CT molecular complexity index is 904. The summed E-state index contributed by atoms with van der Waals surface area (Å²) >= 11 is 6.41. The van der Waals surface area contributed by atoms with E-state index in [0.717, 1.165) is 5.69 Å². The van der Waals surface area contributed by atoms with E-state index >= 15 is 0 Å². The highest BCUT2D eigenvalue weighted by molar-refractivity contribution is 7.88. The largest absolute Gasteiger partial charge is 0.349 e. The van der Waals surface area contributed by atoms with E-state index in [1.165, 1.54) is 15.2 Å². The zero-order valence-electron chi connectivity index (χ0n) is 14.6. The maximum Gasteiger partial charge on any atom is 0.256 e. The van der Waals surface area contributed by atoms with Crippen LogP contribution in [0.5, 0.6) is 0 Å². The van der Waals surface area contributed by atoms with Crippen molar-refractivity contribution in [2.45, 2.75) is 25.8 Å². The van der Waals surface area contributed by atoms with Gasteiger partial charge in [0.1, 0.15) is 5.15 Å². The average Bonchev–Trinajstić information content (AvgIpc) is 2.90. The molecule has 26 heavy (non-hydrogen) atoms. The molecule has 1 aliphatic rings. The molecule has 1 saturated heterocycles. The number of hydrogen-bond donors (Lipinski definition) is 1. The number of para-hydroxylation sites is 1. The zero-order valence-corrected chi connectivity index (χ0v) is 16.2. The Morgan fingerprint density at radius 1 is 1.23 bits per heavy atom. The smallest absolute Gasteiger partial charge is 0.256 e. The standard InChI is InChI=1S/C17H21ClN4O3S/c1-12-15(16(18)22(20-12)14-6-4-3-5-7-14)17(23)19-13-8-10-21(11-9-13)26(2,24)25/h3-7,13H,8-11H2,1-2H3,(H,19,23). The summed E-state index contributed by atoms with van der Waals surface area (Å²) in [5, 5.41) is 7.59. The summed E-state index contributed by atoms with van der Waals surface area (Å²) in [6, 6.07) is 9.28. The topological polar surface area (TPSA) is 84.3 Å². The number of halogens is 1. The molecule has 0 unspecified atom stereocenters. The summed E-state index contributed by atoms with van der Waals surface area (Å²) in [6.45, 7) is 2.55. The molecule has 0 spiro atoms. The van der Waals surface area contributed by atoms with E-state index < -0.39 is 10.0 Å². The fourth-order valence-electron chi connectivity index (χ4n) is 3.09. The van der Waals surface area contributed by atoms with Crippen LogP contribution in [0.4, 0.5) is 0 Å². The van der Waals surface area contributed by atoms with Gasteiger partial charge in [0.25, 0.3) is 5.91 Å². The van der Waals surface area contributed by atoms with E-state index in [2.05, 4.69) is 10.4 Å². The first-order valence-electron chi connectivity index (χ1n) is 8.34. The third kappa shape index (κ3) is 3.92. The van der Waals surface area contributed by atoms with E-state index in [0.29, 0.717) is 37.2 Å². The highest BCUT2D eigenvalue weighted by Crippen LogP contribution is 2.24. The molecule has 1 aromatic heterocycles. The number of amides is 1. The van der Waals surface area contributed by atoms with Gasteiger partial charge in [0, 0.05) is 19.1 Å². The van der Waals surface area contributed by atoms with Crippen molar-refractivity contribution < 1.29 is 13.2 Å². The second-order valence-corrected chi connectivity index (χ2v) is 8.75. The van der Waals surface area contributed by atoms with Crippen LogP contribution < -0.4 is 5.32 Å².